The first-order chi connectivity index (χ1) is 9.52. The van der Waals surface area contributed by atoms with Crippen molar-refractivity contribution in [3.8, 4) is 0 Å². The number of carbonyl (C=O) groups is 1. The fourth-order valence-corrected chi connectivity index (χ4v) is 1.87. The van der Waals surface area contributed by atoms with Crippen molar-refractivity contribution < 1.29 is 18.7 Å². The molecule has 1 atom stereocenters. The van der Waals surface area contributed by atoms with E-state index in [-0.39, 0.29) is 24.9 Å². The first-order valence-electron chi connectivity index (χ1n) is 6.84. The van der Waals surface area contributed by atoms with Crippen LogP contribution in [0.15, 0.2) is 18.2 Å². The summed E-state index contributed by atoms with van der Waals surface area (Å²) in [4.78, 5) is 11.6. The van der Waals surface area contributed by atoms with Crippen molar-refractivity contribution in [2.75, 3.05) is 13.2 Å². The van der Waals surface area contributed by atoms with Crippen LogP contribution in [0, 0.1) is 17.6 Å². The first-order valence-corrected chi connectivity index (χ1v) is 6.84. The van der Waals surface area contributed by atoms with Crippen molar-refractivity contribution >= 4 is 5.91 Å². The molecule has 1 aromatic rings. The second kappa shape index (κ2) is 8.64. The van der Waals surface area contributed by atoms with Gasteiger partial charge in [-0.1, -0.05) is 6.92 Å². The molecule has 0 heterocycles. The molecule has 5 heteroatoms. The molecule has 0 spiro atoms. The lowest BCUT2D eigenvalue weighted by atomic mass is 10.1. The van der Waals surface area contributed by atoms with Crippen LogP contribution in [0.2, 0.25) is 0 Å². The van der Waals surface area contributed by atoms with Crippen LogP contribution in [0.4, 0.5) is 8.78 Å². The fourth-order valence-electron chi connectivity index (χ4n) is 1.87. The molecule has 20 heavy (non-hydrogen) atoms. The Hall–Kier alpha value is -1.49. The van der Waals surface area contributed by atoms with Gasteiger partial charge in [-0.3, -0.25) is 4.79 Å². The van der Waals surface area contributed by atoms with Crippen LogP contribution in [-0.4, -0.2) is 24.2 Å². The number of halogens is 2. The van der Waals surface area contributed by atoms with Crippen molar-refractivity contribution in [2.24, 2.45) is 5.92 Å². The zero-order chi connectivity index (χ0) is 15.0. The molecule has 3 nitrogen and oxygen atoms in total. The maximum atomic E-state index is 13.3. The van der Waals surface area contributed by atoms with Gasteiger partial charge in [-0.15, -0.1) is 0 Å². The number of carbonyl (C=O) groups excluding carboxylic acids is 1. The Morgan fingerprint density at radius 2 is 2.15 bits per heavy atom. The molecule has 1 aromatic carbocycles. The highest BCUT2D eigenvalue weighted by atomic mass is 19.1. The minimum atomic E-state index is -0.469. The molecule has 112 valence electrons. The molecule has 0 aromatic heterocycles. The number of aliphatic hydroxyl groups excluding tert-OH is 1. The van der Waals surface area contributed by atoms with Crippen molar-refractivity contribution in [2.45, 2.75) is 32.6 Å². The molecular weight excluding hydrogens is 264 g/mol. The van der Waals surface area contributed by atoms with Gasteiger partial charge in [0.25, 0.3) is 0 Å². The summed E-state index contributed by atoms with van der Waals surface area (Å²) in [7, 11) is 0. The van der Waals surface area contributed by atoms with Gasteiger partial charge < -0.3 is 10.4 Å². The maximum absolute atomic E-state index is 13.3. The summed E-state index contributed by atoms with van der Waals surface area (Å²) >= 11 is 0. The highest BCUT2D eigenvalue weighted by Gasteiger charge is 2.07. The van der Waals surface area contributed by atoms with Crippen LogP contribution < -0.4 is 5.32 Å². The van der Waals surface area contributed by atoms with Gasteiger partial charge in [0, 0.05) is 19.6 Å². The first kappa shape index (κ1) is 16.6. The van der Waals surface area contributed by atoms with E-state index in [4.69, 9.17) is 5.11 Å². The molecule has 0 fully saturated rings. The SMILES string of the molecule is CC(CCO)CNC(=O)CCCc1cc(F)ccc1F. The van der Waals surface area contributed by atoms with E-state index in [9.17, 15) is 13.6 Å². The molecule has 0 saturated carbocycles. The summed E-state index contributed by atoms with van der Waals surface area (Å²) in [5.74, 6) is -0.789. The molecule has 0 radical (unpaired) electrons. The summed E-state index contributed by atoms with van der Waals surface area (Å²) in [5, 5.41) is 11.5. The van der Waals surface area contributed by atoms with E-state index in [1.54, 1.807) is 0 Å². The summed E-state index contributed by atoms with van der Waals surface area (Å²) in [6, 6.07) is 3.34. The second-order valence-electron chi connectivity index (χ2n) is 5.01. The summed E-state index contributed by atoms with van der Waals surface area (Å²) in [6.45, 7) is 2.57. The van der Waals surface area contributed by atoms with Crippen molar-refractivity contribution in [1.82, 2.24) is 5.32 Å². The summed E-state index contributed by atoms with van der Waals surface area (Å²) in [5.41, 5.74) is 0.298. The van der Waals surface area contributed by atoms with Crippen LogP contribution >= 0.6 is 0 Å². The third-order valence-electron chi connectivity index (χ3n) is 3.13. The highest BCUT2D eigenvalue weighted by molar-refractivity contribution is 5.75. The third kappa shape index (κ3) is 6.10. The van der Waals surface area contributed by atoms with E-state index in [1.807, 2.05) is 6.92 Å². The number of aliphatic hydroxyl groups is 1. The number of hydrogen-bond acceptors (Lipinski definition) is 2. The Labute approximate surface area is 118 Å². The lowest BCUT2D eigenvalue weighted by molar-refractivity contribution is -0.121. The van der Waals surface area contributed by atoms with Gasteiger partial charge in [0.05, 0.1) is 0 Å². The molecule has 1 rings (SSSR count). The Morgan fingerprint density at radius 3 is 2.85 bits per heavy atom. The predicted octanol–water partition coefficient (Wildman–Crippen LogP) is 2.42. The van der Waals surface area contributed by atoms with Crippen LogP contribution in [-0.2, 0) is 11.2 Å². The van der Waals surface area contributed by atoms with Crippen molar-refractivity contribution in [3.63, 3.8) is 0 Å². The Kier molecular flexibility index (Phi) is 7.15. The van der Waals surface area contributed by atoms with Gasteiger partial charge in [-0.2, -0.15) is 0 Å². The van der Waals surface area contributed by atoms with Gasteiger partial charge in [0.2, 0.25) is 5.91 Å². The zero-order valence-corrected chi connectivity index (χ0v) is 11.7. The van der Waals surface area contributed by atoms with E-state index in [0.29, 0.717) is 31.4 Å². The third-order valence-corrected chi connectivity index (χ3v) is 3.13. The zero-order valence-electron chi connectivity index (χ0n) is 11.7. The van der Waals surface area contributed by atoms with Gasteiger partial charge in [0.1, 0.15) is 11.6 Å². The van der Waals surface area contributed by atoms with E-state index < -0.39 is 11.6 Å². The highest BCUT2D eigenvalue weighted by Crippen LogP contribution is 2.12. The topological polar surface area (TPSA) is 49.3 Å². The van der Waals surface area contributed by atoms with E-state index in [0.717, 1.165) is 18.2 Å². The van der Waals surface area contributed by atoms with Gasteiger partial charge in [0.15, 0.2) is 0 Å². The van der Waals surface area contributed by atoms with E-state index >= 15 is 0 Å². The molecule has 0 saturated heterocycles. The second-order valence-corrected chi connectivity index (χ2v) is 5.01. The minimum Gasteiger partial charge on any atom is -0.396 e. The number of hydrogen-bond donors (Lipinski definition) is 2. The smallest absolute Gasteiger partial charge is 0.220 e. The molecule has 1 unspecified atom stereocenters. The van der Waals surface area contributed by atoms with Crippen LogP contribution in [0.5, 0.6) is 0 Å². The monoisotopic (exact) mass is 285 g/mol. The maximum Gasteiger partial charge on any atom is 0.220 e. The Bertz CT molecular complexity index is 438. The Balaban J connectivity index is 2.26. The molecule has 1 amide bonds. The molecule has 0 bridgehead atoms. The lowest BCUT2D eigenvalue weighted by Gasteiger charge is -2.11. The fraction of sp³-hybridized carbons (Fsp3) is 0.533. The number of nitrogens with one attached hydrogen (secondary N) is 1. The minimum absolute atomic E-state index is 0.105. The molecular formula is C15H21F2NO2. The average molecular weight is 285 g/mol. The number of benzene rings is 1. The summed E-state index contributed by atoms with van der Waals surface area (Å²) < 4.78 is 26.3. The number of aryl methyl sites for hydroxylation is 1. The summed E-state index contributed by atoms with van der Waals surface area (Å²) in [6.07, 6.45) is 1.74. The van der Waals surface area contributed by atoms with Gasteiger partial charge in [-0.25, -0.2) is 8.78 Å². The number of rotatable bonds is 8. The molecule has 0 aliphatic carbocycles. The van der Waals surface area contributed by atoms with Crippen LogP contribution in [0.1, 0.15) is 31.7 Å². The molecule has 0 aliphatic rings. The molecule has 2 N–H and O–H groups in total. The predicted molar refractivity (Wildman–Crippen MR) is 73.2 cm³/mol. The van der Waals surface area contributed by atoms with Crippen molar-refractivity contribution in [3.05, 3.63) is 35.4 Å². The van der Waals surface area contributed by atoms with Gasteiger partial charge >= 0.3 is 0 Å². The van der Waals surface area contributed by atoms with Crippen LogP contribution in [0.3, 0.4) is 0 Å². The normalized spacial score (nSPS) is 12.2. The van der Waals surface area contributed by atoms with Gasteiger partial charge in [-0.05, 0) is 48.9 Å². The van der Waals surface area contributed by atoms with E-state index in [1.165, 1.54) is 0 Å². The van der Waals surface area contributed by atoms with Crippen LogP contribution in [0.25, 0.3) is 0 Å². The number of amides is 1. The largest absolute Gasteiger partial charge is 0.396 e. The lowest BCUT2D eigenvalue weighted by Crippen LogP contribution is -2.28. The average Bonchev–Trinajstić information content (AvgIpc) is 2.41. The standard InChI is InChI=1S/C15H21F2NO2/c1-11(7-8-19)10-18-15(20)4-2-3-12-9-13(16)5-6-14(12)17/h5-6,9,11,19H,2-4,7-8,10H2,1H3,(H,18,20). The van der Waals surface area contributed by atoms with Crippen molar-refractivity contribution in [1.29, 1.82) is 0 Å². The molecule has 0 aliphatic heterocycles. The Morgan fingerprint density at radius 1 is 1.40 bits per heavy atom. The van der Waals surface area contributed by atoms with E-state index in [2.05, 4.69) is 5.32 Å². The quantitative estimate of drug-likeness (QED) is 0.770.